The van der Waals surface area contributed by atoms with Crippen molar-refractivity contribution in [2.24, 2.45) is 0 Å². The van der Waals surface area contributed by atoms with Crippen LogP contribution >= 0.6 is 23.5 Å². The molecule has 6 heteroatoms. The summed E-state index contributed by atoms with van der Waals surface area (Å²) >= 11 is 2.12. The number of alkyl halides is 3. The van der Waals surface area contributed by atoms with Crippen LogP contribution in [-0.4, -0.2) is 12.5 Å². The number of hydrogen-bond acceptors (Lipinski definition) is 2. The molecule has 0 saturated heterocycles. The van der Waals surface area contributed by atoms with Crippen LogP contribution < -0.4 is 0 Å². The van der Waals surface area contributed by atoms with Crippen LogP contribution in [0.15, 0.2) is 21.9 Å². The Bertz CT molecular complexity index is 360. The van der Waals surface area contributed by atoms with Crippen molar-refractivity contribution in [2.45, 2.75) is 16.0 Å². The average Bonchev–Trinajstić information content (AvgIpc) is 2.16. The normalized spacial score (nSPS) is 11.9. The van der Waals surface area contributed by atoms with Crippen LogP contribution in [0.1, 0.15) is 5.56 Å². The van der Waals surface area contributed by atoms with Gasteiger partial charge < -0.3 is 0 Å². The van der Waals surface area contributed by atoms with Gasteiger partial charge in [-0.25, -0.2) is 4.39 Å². The zero-order chi connectivity index (χ0) is 11.6. The third-order valence-electron chi connectivity index (χ3n) is 1.77. The molecule has 0 aromatic heterocycles. The summed E-state index contributed by atoms with van der Waals surface area (Å²) < 4.78 is 50.6. The van der Waals surface area contributed by atoms with E-state index in [2.05, 4.69) is 0 Å². The van der Waals surface area contributed by atoms with Crippen LogP contribution in [0.5, 0.6) is 0 Å². The lowest BCUT2D eigenvalue weighted by molar-refractivity contribution is -0.140. The first kappa shape index (κ1) is 12.7. The van der Waals surface area contributed by atoms with E-state index in [4.69, 9.17) is 0 Å². The Labute approximate surface area is 93.4 Å². The van der Waals surface area contributed by atoms with Gasteiger partial charge in [-0.3, -0.25) is 0 Å². The van der Waals surface area contributed by atoms with E-state index in [0.29, 0.717) is 4.90 Å². The Morgan fingerprint density at radius 3 is 2.07 bits per heavy atom. The number of rotatable bonds is 2. The SMILES string of the molecule is CSc1cc(SC)c(F)c(C(F)(F)F)c1. The van der Waals surface area contributed by atoms with Gasteiger partial charge in [-0.05, 0) is 24.6 Å². The van der Waals surface area contributed by atoms with Gasteiger partial charge in [-0.2, -0.15) is 13.2 Å². The molecule has 15 heavy (non-hydrogen) atoms. The molecule has 0 atom stereocenters. The zero-order valence-electron chi connectivity index (χ0n) is 7.98. The van der Waals surface area contributed by atoms with Crippen molar-refractivity contribution in [1.82, 2.24) is 0 Å². The van der Waals surface area contributed by atoms with E-state index in [9.17, 15) is 17.6 Å². The molecule has 0 fully saturated rings. The zero-order valence-corrected chi connectivity index (χ0v) is 9.62. The number of hydrogen-bond donors (Lipinski definition) is 0. The third kappa shape index (κ3) is 2.81. The number of halogens is 4. The first-order valence-corrected chi connectivity index (χ1v) is 6.33. The topological polar surface area (TPSA) is 0 Å². The van der Waals surface area contributed by atoms with Crippen molar-refractivity contribution in [3.05, 3.63) is 23.5 Å². The van der Waals surface area contributed by atoms with Gasteiger partial charge in [0.2, 0.25) is 0 Å². The maximum atomic E-state index is 13.3. The molecule has 0 aliphatic rings. The fraction of sp³-hybridized carbons (Fsp3) is 0.333. The van der Waals surface area contributed by atoms with Gasteiger partial charge in [0, 0.05) is 9.79 Å². The molecular weight excluding hydrogens is 248 g/mol. The molecule has 0 aliphatic carbocycles. The van der Waals surface area contributed by atoms with Crippen molar-refractivity contribution in [1.29, 1.82) is 0 Å². The minimum absolute atomic E-state index is 0.0224. The molecule has 0 radical (unpaired) electrons. The molecule has 0 bridgehead atoms. The van der Waals surface area contributed by atoms with Crippen LogP contribution in [-0.2, 0) is 6.18 Å². The molecule has 0 N–H and O–H groups in total. The van der Waals surface area contributed by atoms with Crippen molar-refractivity contribution in [3.63, 3.8) is 0 Å². The van der Waals surface area contributed by atoms with Crippen LogP contribution in [0.4, 0.5) is 17.6 Å². The number of benzene rings is 1. The van der Waals surface area contributed by atoms with Gasteiger partial charge in [0.1, 0.15) is 5.82 Å². The van der Waals surface area contributed by atoms with Gasteiger partial charge >= 0.3 is 6.18 Å². The van der Waals surface area contributed by atoms with Gasteiger partial charge in [-0.15, -0.1) is 23.5 Å². The van der Waals surface area contributed by atoms with Gasteiger partial charge in [0.05, 0.1) is 5.56 Å². The predicted molar refractivity (Wildman–Crippen MR) is 55.0 cm³/mol. The monoisotopic (exact) mass is 256 g/mol. The van der Waals surface area contributed by atoms with Gasteiger partial charge in [0.25, 0.3) is 0 Å². The molecular formula is C9H8F4S2. The van der Waals surface area contributed by atoms with Crippen molar-refractivity contribution < 1.29 is 17.6 Å². The van der Waals surface area contributed by atoms with E-state index in [-0.39, 0.29) is 4.90 Å². The van der Waals surface area contributed by atoms with E-state index in [0.717, 1.165) is 29.6 Å². The maximum Gasteiger partial charge on any atom is 0.419 e. The summed E-state index contributed by atoms with van der Waals surface area (Å²) in [5.74, 6) is -1.19. The molecule has 0 nitrogen and oxygen atoms in total. The summed E-state index contributed by atoms with van der Waals surface area (Å²) in [5.41, 5.74) is -1.20. The Morgan fingerprint density at radius 1 is 1.07 bits per heavy atom. The highest BCUT2D eigenvalue weighted by Gasteiger charge is 2.35. The summed E-state index contributed by atoms with van der Waals surface area (Å²) in [4.78, 5) is 0.433. The second-order valence-electron chi connectivity index (χ2n) is 2.69. The fourth-order valence-corrected chi connectivity index (χ4v) is 2.13. The van der Waals surface area contributed by atoms with E-state index in [1.54, 1.807) is 12.5 Å². The lowest BCUT2D eigenvalue weighted by Gasteiger charge is -2.12. The molecule has 0 unspecified atom stereocenters. The first-order chi connectivity index (χ1) is 6.90. The lowest BCUT2D eigenvalue weighted by atomic mass is 10.2. The molecule has 1 rings (SSSR count). The van der Waals surface area contributed by atoms with Gasteiger partial charge in [-0.1, -0.05) is 0 Å². The molecule has 1 aromatic carbocycles. The third-order valence-corrected chi connectivity index (χ3v) is 3.22. The second kappa shape index (κ2) is 4.65. The quantitative estimate of drug-likeness (QED) is 0.572. The van der Waals surface area contributed by atoms with Crippen molar-refractivity contribution in [3.8, 4) is 0 Å². The van der Waals surface area contributed by atoms with E-state index < -0.39 is 17.6 Å². The summed E-state index contributed by atoms with van der Waals surface area (Å²) in [6, 6.07) is 2.25. The maximum absolute atomic E-state index is 13.3. The largest absolute Gasteiger partial charge is 0.419 e. The molecule has 1 aromatic rings. The predicted octanol–water partition coefficient (Wildman–Crippen LogP) is 4.29. The average molecular weight is 256 g/mol. The van der Waals surface area contributed by atoms with E-state index in [1.807, 2.05) is 0 Å². The van der Waals surface area contributed by atoms with Crippen LogP contribution in [0.2, 0.25) is 0 Å². The summed E-state index contributed by atoms with van der Waals surface area (Å²) in [7, 11) is 0. The number of thioether (sulfide) groups is 2. The standard InChI is InChI=1S/C9H8F4S2/c1-14-5-3-6(9(11,12)13)8(10)7(4-5)15-2/h3-4H,1-2H3. The highest BCUT2D eigenvalue weighted by Crippen LogP contribution is 2.37. The fourth-order valence-electron chi connectivity index (χ4n) is 1.05. The Hall–Kier alpha value is -0.360. The summed E-state index contributed by atoms with van der Waals surface area (Å²) in [6.07, 6.45) is -1.44. The summed E-state index contributed by atoms with van der Waals surface area (Å²) in [5, 5.41) is 0. The van der Waals surface area contributed by atoms with Crippen LogP contribution in [0.3, 0.4) is 0 Å². The summed E-state index contributed by atoms with van der Waals surface area (Å²) in [6.45, 7) is 0. The van der Waals surface area contributed by atoms with Crippen LogP contribution in [0, 0.1) is 5.82 Å². The molecule has 0 amide bonds. The van der Waals surface area contributed by atoms with Crippen LogP contribution in [0.25, 0.3) is 0 Å². The Morgan fingerprint density at radius 2 is 1.67 bits per heavy atom. The van der Waals surface area contributed by atoms with E-state index >= 15 is 0 Å². The lowest BCUT2D eigenvalue weighted by Crippen LogP contribution is -2.09. The first-order valence-electron chi connectivity index (χ1n) is 3.89. The molecule has 0 spiro atoms. The van der Waals surface area contributed by atoms with E-state index in [1.165, 1.54) is 6.07 Å². The Balaban J connectivity index is 3.37. The molecule has 0 heterocycles. The smallest absolute Gasteiger partial charge is 0.205 e. The van der Waals surface area contributed by atoms with Gasteiger partial charge in [0.15, 0.2) is 0 Å². The minimum Gasteiger partial charge on any atom is -0.205 e. The minimum atomic E-state index is -4.64. The van der Waals surface area contributed by atoms with Crippen molar-refractivity contribution >= 4 is 23.5 Å². The molecule has 0 aliphatic heterocycles. The van der Waals surface area contributed by atoms with Crippen molar-refractivity contribution in [2.75, 3.05) is 12.5 Å². The second-order valence-corrected chi connectivity index (χ2v) is 4.42. The Kier molecular flexibility index (Phi) is 3.94. The molecule has 84 valence electrons. The highest BCUT2D eigenvalue weighted by molar-refractivity contribution is 7.99. The highest BCUT2D eigenvalue weighted by atomic mass is 32.2. The molecule has 0 saturated carbocycles.